The molecule has 0 aliphatic rings. The van der Waals surface area contributed by atoms with Crippen molar-refractivity contribution in [2.24, 2.45) is 0 Å². The highest BCUT2D eigenvalue weighted by molar-refractivity contribution is 9.10. The van der Waals surface area contributed by atoms with Crippen molar-refractivity contribution in [3.8, 4) is 0 Å². The summed E-state index contributed by atoms with van der Waals surface area (Å²) >= 11 is 3.21. The van der Waals surface area contributed by atoms with Crippen molar-refractivity contribution in [2.45, 2.75) is 13.0 Å². The van der Waals surface area contributed by atoms with Gasteiger partial charge in [0.1, 0.15) is 0 Å². The number of carboxylic acid groups (broad SMARTS) is 1. The summed E-state index contributed by atoms with van der Waals surface area (Å²) < 4.78 is 5.50. The van der Waals surface area contributed by atoms with E-state index >= 15 is 0 Å². The minimum atomic E-state index is -1.02. The summed E-state index contributed by atoms with van der Waals surface area (Å²) in [6.07, 6.45) is -0.0800. The maximum absolute atomic E-state index is 11.6. The third-order valence-electron chi connectivity index (χ3n) is 2.42. The first-order valence-electron chi connectivity index (χ1n) is 5.54. The first-order chi connectivity index (χ1) is 8.93. The topological polar surface area (TPSA) is 87.7 Å². The number of carbonyl (C=O) groups is 2. The van der Waals surface area contributed by atoms with Crippen LogP contribution in [0.2, 0.25) is 0 Å². The average molecular weight is 331 g/mol. The number of hydrogen-bond acceptors (Lipinski definition) is 3. The molecule has 0 radical (unpaired) electrons. The average Bonchev–Trinajstić information content (AvgIpc) is 2.38. The summed E-state index contributed by atoms with van der Waals surface area (Å²) in [4.78, 5) is 22.4. The summed E-state index contributed by atoms with van der Waals surface area (Å²) in [5.74, 6) is -1.02. The molecule has 2 amide bonds. The Balaban J connectivity index is 2.62. The minimum absolute atomic E-state index is 0.0800. The third kappa shape index (κ3) is 4.88. The van der Waals surface area contributed by atoms with Crippen molar-refractivity contribution in [1.29, 1.82) is 0 Å². The zero-order valence-corrected chi connectivity index (χ0v) is 12.2. The fraction of sp³-hybridized carbons (Fsp3) is 0.333. The predicted octanol–water partition coefficient (Wildman–Crippen LogP) is 2.30. The van der Waals surface area contributed by atoms with E-state index in [1.165, 1.54) is 18.2 Å². The van der Waals surface area contributed by atoms with Gasteiger partial charge in [0.25, 0.3) is 0 Å². The van der Waals surface area contributed by atoms with Crippen LogP contribution in [-0.4, -0.2) is 36.9 Å². The highest BCUT2D eigenvalue weighted by Gasteiger charge is 2.09. The van der Waals surface area contributed by atoms with E-state index in [0.717, 1.165) is 0 Å². The highest BCUT2D eigenvalue weighted by atomic mass is 79.9. The molecule has 19 heavy (non-hydrogen) atoms. The summed E-state index contributed by atoms with van der Waals surface area (Å²) in [7, 11) is 1.56. The molecule has 3 N–H and O–H groups in total. The number of nitrogens with one attached hydrogen (secondary N) is 2. The van der Waals surface area contributed by atoms with Crippen molar-refractivity contribution in [1.82, 2.24) is 5.32 Å². The molecule has 1 aromatic carbocycles. The van der Waals surface area contributed by atoms with Gasteiger partial charge in [-0.2, -0.15) is 0 Å². The van der Waals surface area contributed by atoms with Crippen LogP contribution in [0.25, 0.3) is 0 Å². The van der Waals surface area contributed by atoms with E-state index in [0.29, 0.717) is 16.7 Å². The van der Waals surface area contributed by atoms with Crippen LogP contribution < -0.4 is 10.6 Å². The Morgan fingerprint density at radius 1 is 1.47 bits per heavy atom. The first-order valence-corrected chi connectivity index (χ1v) is 6.33. The second-order valence-electron chi connectivity index (χ2n) is 3.88. The summed E-state index contributed by atoms with van der Waals surface area (Å²) in [6, 6.07) is 3.98. The molecular formula is C12H15BrN2O4. The third-order valence-corrected chi connectivity index (χ3v) is 3.07. The maximum Gasteiger partial charge on any atom is 0.335 e. The molecule has 1 atom stereocenters. The van der Waals surface area contributed by atoms with Crippen LogP contribution in [0.15, 0.2) is 22.7 Å². The van der Waals surface area contributed by atoms with Crippen LogP contribution in [0.3, 0.4) is 0 Å². The Bertz CT molecular complexity index is 479. The Kier molecular flexibility index (Phi) is 5.78. The summed E-state index contributed by atoms with van der Waals surface area (Å²) in [5.41, 5.74) is 0.637. The molecule has 7 heteroatoms. The van der Waals surface area contributed by atoms with Gasteiger partial charge in [0.15, 0.2) is 0 Å². The first kappa shape index (κ1) is 15.5. The Labute approximate surface area is 119 Å². The molecule has 0 aromatic heterocycles. The van der Waals surface area contributed by atoms with E-state index in [9.17, 15) is 9.59 Å². The van der Waals surface area contributed by atoms with E-state index in [-0.39, 0.29) is 17.7 Å². The van der Waals surface area contributed by atoms with E-state index in [1.54, 1.807) is 7.11 Å². The Morgan fingerprint density at radius 3 is 2.68 bits per heavy atom. The molecule has 0 saturated heterocycles. The van der Waals surface area contributed by atoms with Gasteiger partial charge in [0.2, 0.25) is 0 Å². The lowest BCUT2D eigenvalue weighted by Gasteiger charge is -2.12. The molecule has 1 aromatic rings. The molecule has 0 fully saturated rings. The van der Waals surface area contributed by atoms with Gasteiger partial charge in [-0.25, -0.2) is 9.59 Å². The zero-order valence-electron chi connectivity index (χ0n) is 10.6. The SMILES string of the molecule is COC(C)CNC(=O)Nc1ccc(C(=O)O)cc1Br. The van der Waals surface area contributed by atoms with Crippen LogP contribution >= 0.6 is 15.9 Å². The summed E-state index contributed by atoms with van der Waals surface area (Å²) in [6.45, 7) is 2.21. The molecule has 0 spiro atoms. The number of amides is 2. The molecule has 6 nitrogen and oxygen atoms in total. The molecule has 1 unspecified atom stereocenters. The summed E-state index contributed by atoms with van der Waals surface area (Å²) in [5, 5.41) is 14.1. The van der Waals surface area contributed by atoms with Gasteiger partial charge in [-0.05, 0) is 41.1 Å². The van der Waals surface area contributed by atoms with E-state index in [1.807, 2.05) is 6.92 Å². The number of anilines is 1. The van der Waals surface area contributed by atoms with Gasteiger partial charge in [0, 0.05) is 18.1 Å². The number of urea groups is 1. The largest absolute Gasteiger partial charge is 0.478 e. The lowest BCUT2D eigenvalue weighted by atomic mass is 10.2. The predicted molar refractivity (Wildman–Crippen MR) is 74.6 cm³/mol. The fourth-order valence-corrected chi connectivity index (χ4v) is 1.71. The minimum Gasteiger partial charge on any atom is -0.478 e. The van der Waals surface area contributed by atoms with Crippen LogP contribution in [0.4, 0.5) is 10.5 Å². The monoisotopic (exact) mass is 330 g/mol. The standard InChI is InChI=1S/C12H15BrN2O4/c1-7(19-2)6-14-12(18)15-10-4-3-8(11(16)17)5-9(10)13/h3-5,7H,6H2,1-2H3,(H,16,17)(H2,14,15,18). The lowest BCUT2D eigenvalue weighted by molar-refractivity contribution is 0.0697. The van der Waals surface area contributed by atoms with Crippen molar-refractivity contribution < 1.29 is 19.4 Å². The number of methoxy groups -OCH3 is 1. The number of carboxylic acids is 1. The fourth-order valence-electron chi connectivity index (χ4n) is 1.24. The zero-order chi connectivity index (χ0) is 14.4. The van der Waals surface area contributed by atoms with Gasteiger partial charge in [0.05, 0.1) is 17.4 Å². The molecular weight excluding hydrogens is 316 g/mol. The van der Waals surface area contributed by atoms with E-state index in [2.05, 4.69) is 26.6 Å². The van der Waals surface area contributed by atoms with Gasteiger partial charge >= 0.3 is 12.0 Å². The quantitative estimate of drug-likeness (QED) is 0.773. The van der Waals surface area contributed by atoms with Crippen molar-refractivity contribution >= 4 is 33.6 Å². The highest BCUT2D eigenvalue weighted by Crippen LogP contribution is 2.23. The Hall–Kier alpha value is -1.60. The molecule has 0 bridgehead atoms. The van der Waals surface area contributed by atoms with Crippen LogP contribution in [0.5, 0.6) is 0 Å². The van der Waals surface area contributed by atoms with Crippen molar-refractivity contribution in [3.05, 3.63) is 28.2 Å². The molecule has 0 aliphatic carbocycles. The van der Waals surface area contributed by atoms with E-state index in [4.69, 9.17) is 9.84 Å². The molecule has 0 aliphatic heterocycles. The van der Waals surface area contributed by atoms with Crippen molar-refractivity contribution in [2.75, 3.05) is 19.0 Å². The number of ether oxygens (including phenoxy) is 1. The molecule has 104 valence electrons. The lowest BCUT2D eigenvalue weighted by Crippen LogP contribution is -2.34. The van der Waals surface area contributed by atoms with Gasteiger partial charge in [-0.3, -0.25) is 0 Å². The molecule has 0 saturated carbocycles. The normalized spacial score (nSPS) is 11.7. The molecule has 0 heterocycles. The number of benzene rings is 1. The molecule has 1 rings (SSSR count). The Morgan fingerprint density at radius 2 is 2.16 bits per heavy atom. The number of rotatable bonds is 5. The van der Waals surface area contributed by atoms with Gasteiger partial charge in [-0.1, -0.05) is 0 Å². The van der Waals surface area contributed by atoms with Crippen molar-refractivity contribution in [3.63, 3.8) is 0 Å². The number of halogens is 1. The number of hydrogen-bond donors (Lipinski definition) is 3. The van der Waals surface area contributed by atoms with Crippen LogP contribution in [0, 0.1) is 0 Å². The number of carbonyl (C=O) groups excluding carboxylic acids is 1. The second-order valence-corrected chi connectivity index (χ2v) is 4.74. The number of aromatic carboxylic acids is 1. The van der Waals surface area contributed by atoms with Gasteiger partial charge < -0.3 is 20.5 Å². The smallest absolute Gasteiger partial charge is 0.335 e. The van der Waals surface area contributed by atoms with Crippen LogP contribution in [0.1, 0.15) is 17.3 Å². The van der Waals surface area contributed by atoms with Gasteiger partial charge in [-0.15, -0.1) is 0 Å². The van der Waals surface area contributed by atoms with E-state index < -0.39 is 5.97 Å². The maximum atomic E-state index is 11.6. The van der Waals surface area contributed by atoms with Crippen LogP contribution in [-0.2, 0) is 4.74 Å². The second kappa shape index (κ2) is 7.10.